The van der Waals surface area contributed by atoms with E-state index >= 15 is 0 Å². The molecule has 30 heavy (non-hydrogen) atoms. The molecule has 3 aromatic rings. The second-order valence-corrected chi connectivity index (χ2v) is 10.3. The van der Waals surface area contributed by atoms with Gasteiger partial charge in [-0.25, -0.2) is 8.42 Å². The van der Waals surface area contributed by atoms with E-state index in [1.54, 1.807) is 18.4 Å². The van der Waals surface area contributed by atoms with Gasteiger partial charge in [-0.15, -0.1) is 11.3 Å². The fourth-order valence-corrected chi connectivity index (χ4v) is 6.22. The normalized spacial score (nSPS) is 17.9. The number of sulfonamides is 1. The number of nitrogens with zero attached hydrogens (tertiary/aromatic N) is 3. The van der Waals surface area contributed by atoms with Gasteiger partial charge in [0.1, 0.15) is 15.7 Å². The summed E-state index contributed by atoms with van der Waals surface area (Å²) in [5, 5.41) is 8.36. The second-order valence-electron chi connectivity index (χ2n) is 7.22. The zero-order valence-electron chi connectivity index (χ0n) is 16.6. The van der Waals surface area contributed by atoms with Gasteiger partial charge in [-0.1, -0.05) is 5.16 Å². The van der Waals surface area contributed by atoms with Crippen molar-refractivity contribution in [1.29, 1.82) is 0 Å². The van der Waals surface area contributed by atoms with E-state index in [9.17, 15) is 13.2 Å². The van der Waals surface area contributed by atoms with Gasteiger partial charge in [-0.05, 0) is 38.0 Å². The zero-order valence-corrected chi connectivity index (χ0v) is 18.3. The number of nitrogens with one attached hydrogen (secondary N) is 1. The van der Waals surface area contributed by atoms with Crippen LogP contribution in [0, 0.1) is 19.8 Å². The maximum atomic E-state index is 13.1. The van der Waals surface area contributed by atoms with Crippen molar-refractivity contribution in [3.8, 4) is 11.4 Å². The predicted molar refractivity (Wildman–Crippen MR) is 109 cm³/mol. The third-order valence-electron chi connectivity index (χ3n) is 4.94. The van der Waals surface area contributed by atoms with Gasteiger partial charge in [0.2, 0.25) is 17.6 Å². The van der Waals surface area contributed by atoms with E-state index in [-0.39, 0.29) is 23.2 Å². The minimum absolute atomic E-state index is 0.153. The first-order chi connectivity index (χ1) is 14.3. The van der Waals surface area contributed by atoms with Crippen LogP contribution in [0.2, 0.25) is 0 Å². The fourth-order valence-electron chi connectivity index (χ4n) is 3.39. The van der Waals surface area contributed by atoms with Crippen LogP contribution in [0.3, 0.4) is 0 Å². The molecule has 0 unspecified atom stereocenters. The summed E-state index contributed by atoms with van der Waals surface area (Å²) < 4.78 is 38.2. The van der Waals surface area contributed by atoms with Gasteiger partial charge >= 0.3 is 0 Å². The molecule has 9 nitrogen and oxygen atoms in total. The van der Waals surface area contributed by atoms with Crippen LogP contribution in [-0.4, -0.2) is 41.9 Å². The topological polar surface area (TPSA) is 119 Å². The molecule has 1 fully saturated rings. The molecule has 1 amide bonds. The number of aryl methyl sites for hydroxylation is 2. The summed E-state index contributed by atoms with van der Waals surface area (Å²) in [6.45, 7) is 4.34. The van der Waals surface area contributed by atoms with Crippen molar-refractivity contribution < 1.29 is 22.2 Å². The maximum absolute atomic E-state index is 13.1. The average molecular weight is 451 g/mol. The average Bonchev–Trinajstić information content (AvgIpc) is 3.47. The summed E-state index contributed by atoms with van der Waals surface area (Å²) in [5.41, 5.74) is 0.593. The van der Waals surface area contributed by atoms with Gasteiger partial charge in [0, 0.05) is 31.0 Å². The Morgan fingerprint density at radius 3 is 2.90 bits per heavy atom. The molecular weight excluding hydrogens is 428 g/mol. The SMILES string of the molecule is Cc1ccc(CNC(=O)[C@H]2CCCN(S(=O)(=O)c3cc(-c4noc(C)n4)cs3)C2)o1. The molecule has 1 aliphatic heterocycles. The van der Waals surface area contributed by atoms with E-state index in [0.29, 0.717) is 42.4 Å². The smallest absolute Gasteiger partial charge is 0.252 e. The Labute approximate surface area is 178 Å². The van der Waals surface area contributed by atoms with Crippen LogP contribution < -0.4 is 5.32 Å². The van der Waals surface area contributed by atoms with Gasteiger partial charge in [0.25, 0.3) is 10.0 Å². The summed E-state index contributed by atoms with van der Waals surface area (Å²) in [5.74, 6) is 1.65. The van der Waals surface area contributed by atoms with Crippen molar-refractivity contribution in [1.82, 2.24) is 19.8 Å². The Bertz CT molecular complexity index is 1150. The van der Waals surface area contributed by atoms with E-state index < -0.39 is 15.9 Å². The lowest BCUT2D eigenvalue weighted by molar-refractivity contribution is -0.126. The van der Waals surface area contributed by atoms with Crippen LogP contribution in [0.1, 0.15) is 30.3 Å². The number of thiophene rings is 1. The van der Waals surface area contributed by atoms with Crippen molar-refractivity contribution in [3.05, 3.63) is 41.0 Å². The standard InChI is InChI=1S/C19H22N4O5S2/c1-12-5-6-16(27-12)9-20-19(24)14-4-3-7-23(10-14)30(25,26)17-8-15(11-29-17)18-21-13(2)28-22-18/h5-6,8,11,14H,3-4,7,9-10H2,1-2H3,(H,20,24)/t14-/m0/s1. The van der Waals surface area contributed by atoms with Gasteiger partial charge in [-0.3, -0.25) is 4.79 Å². The molecular formula is C19H22N4O5S2. The third-order valence-corrected chi connectivity index (χ3v) is 8.22. The fraction of sp³-hybridized carbons (Fsp3) is 0.421. The highest BCUT2D eigenvalue weighted by molar-refractivity contribution is 7.91. The molecule has 0 radical (unpaired) electrons. The molecule has 160 valence electrons. The molecule has 0 saturated carbocycles. The quantitative estimate of drug-likeness (QED) is 0.613. The molecule has 11 heteroatoms. The lowest BCUT2D eigenvalue weighted by Crippen LogP contribution is -2.45. The maximum Gasteiger partial charge on any atom is 0.252 e. The molecule has 1 atom stereocenters. The lowest BCUT2D eigenvalue weighted by Gasteiger charge is -2.30. The Morgan fingerprint density at radius 2 is 2.20 bits per heavy atom. The van der Waals surface area contributed by atoms with Gasteiger partial charge in [-0.2, -0.15) is 9.29 Å². The number of furan rings is 1. The van der Waals surface area contributed by atoms with Crippen LogP contribution in [-0.2, 0) is 21.4 Å². The highest BCUT2D eigenvalue weighted by atomic mass is 32.2. The van der Waals surface area contributed by atoms with Gasteiger partial charge in [0.05, 0.1) is 12.5 Å². The zero-order chi connectivity index (χ0) is 21.3. The summed E-state index contributed by atoms with van der Waals surface area (Å²) in [6, 6.07) is 5.20. The van der Waals surface area contributed by atoms with Crippen molar-refractivity contribution in [2.75, 3.05) is 13.1 Å². The molecule has 1 aliphatic rings. The molecule has 0 spiro atoms. The lowest BCUT2D eigenvalue weighted by atomic mass is 9.99. The Morgan fingerprint density at radius 1 is 1.37 bits per heavy atom. The molecule has 4 rings (SSSR count). The Balaban J connectivity index is 1.43. The third kappa shape index (κ3) is 4.32. The number of piperidine rings is 1. The number of aromatic nitrogens is 2. The van der Waals surface area contributed by atoms with Gasteiger partial charge < -0.3 is 14.3 Å². The summed E-state index contributed by atoms with van der Waals surface area (Å²) in [7, 11) is -3.71. The molecule has 4 heterocycles. The number of hydrogen-bond donors (Lipinski definition) is 1. The number of rotatable bonds is 6. The summed E-state index contributed by atoms with van der Waals surface area (Å²) >= 11 is 1.11. The second kappa shape index (κ2) is 8.32. The number of carbonyl (C=O) groups excluding carboxylic acids is 1. The Hall–Kier alpha value is -2.50. The summed E-state index contributed by atoms with van der Waals surface area (Å²) in [6.07, 6.45) is 1.27. The van der Waals surface area contributed by atoms with Crippen molar-refractivity contribution in [2.45, 2.75) is 37.4 Å². The first kappa shape index (κ1) is 20.8. The van der Waals surface area contributed by atoms with Crippen LogP contribution in [0.25, 0.3) is 11.4 Å². The first-order valence-corrected chi connectivity index (χ1v) is 11.9. The first-order valence-electron chi connectivity index (χ1n) is 9.55. The van der Waals surface area contributed by atoms with E-state index in [2.05, 4.69) is 15.5 Å². The van der Waals surface area contributed by atoms with Gasteiger partial charge in [0.15, 0.2) is 0 Å². The largest absolute Gasteiger partial charge is 0.465 e. The molecule has 0 aromatic carbocycles. The molecule has 0 bridgehead atoms. The van der Waals surface area contributed by atoms with Crippen molar-refractivity contribution in [3.63, 3.8) is 0 Å². The summed E-state index contributed by atoms with van der Waals surface area (Å²) in [4.78, 5) is 16.7. The molecule has 1 saturated heterocycles. The van der Waals surface area contributed by atoms with Crippen molar-refractivity contribution in [2.24, 2.45) is 5.92 Å². The van der Waals surface area contributed by atoms with E-state index in [1.807, 2.05) is 19.1 Å². The van der Waals surface area contributed by atoms with E-state index in [1.165, 1.54) is 4.31 Å². The van der Waals surface area contributed by atoms with E-state index in [4.69, 9.17) is 8.94 Å². The number of carbonyl (C=O) groups is 1. The molecule has 1 N–H and O–H groups in total. The Kier molecular flexibility index (Phi) is 5.76. The number of hydrogen-bond acceptors (Lipinski definition) is 8. The minimum atomic E-state index is -3.71. The van der Waals surface area contributed by atoms with Crippen molar-refractivity contribution >= 4 is 27.3 Å². The molecule has 0 aliphatic carbocycles. The highest BCUT2D eigenvalue weighted by Gasteiger charge is 2.34. The highest BCUT2D eigenvalue weighted by Crippen LogP contribution is 2.31. The monoisotopic (exact) mass is 450 g/mol. The van der Waals surface area contributed by atoms with Crippen LogP contribution >= 0.6 is 11.3 Å². The minimum Gasteiger partial charge on any atom is -0.465 e. The molecule has 3 aromatic heterocycles. The van der Waals surface area contributed by atoms with Crippen LogP contribution in [0.15, 0.2) is 36.7 Å². The number of amides is 1. The predicted octanol–water partition coefficient (Wildman–Crippen LogP) is 2.73. The van der Waals surface area contributed by atoms with Crippen LogP contribution in [0.5, 0.6) is 0 Å². The van der Waals surface area contributed by atoms with Crippen LogP contribution in [0.4, 0.5) is 0 Å². The van der Waals surface area contributed by atoms with E-state index in [0.717, 1.165) is 17.1 Å².